The minimum Gasteiger partial charge on any atom is -0.481 e. The van der Waals surface area contributed by atoms with Crippen molar-refractivity contribution in [3.63, 3.8) is 0 Å². The van der Waals surface area contributed by atoms with E-state index >= 15 is 0 Å². The zero-order valence-corrected chi connectivity index (χ0v) is 13.3. The zero-order chi connectivity index (χ0) is 16.9. The SMILES string of the molecule is O=C(O)CCC1CCCCN1C(=O)c1ccc(-c2ncn[nH]2)cc1. The van der Waals surface area contributed by atoms with E-state index in [1.165, 1.54) is 6.33 Å². The standard InChI is InChI=1S/C17H20N4O3/c22-15(23)9-8-14-3-1-2-10-21(14)17(24)13-6-4-12(5-7-13)16-18-11-19-20-16/h4-7,11,14H,1-3,8-10H2,(H,22,23)(H,18,19,20). The Labute approximate surface area is 139 Å². The molecule has 1 aliphatic heterocycles. The summed E-state index contributed by atoms with van der Waals surface area (Å²) in [5.41, 5.74) is 1.48. The molecule has 2 aromatic rings. The maximum Gasteiger partial charge on any atom is 0.303 e. The van der Waals surface area contributed by atoms with Crippen LogP contribution in [0.5, 0.6) is 0 Å². The van der Waals surface area contributed by atoms with Crippen molar-refractivity contribution in [2.24, 2.45) is 0 Å². The number of carboxylic acid groups (broad SMARTS) is 1. The van der Waals surface area contributed by atoms with Gasteiger partial charge in [0.15, 0.2) is 5.82 Å². The van der Waals surface area contributed by atoms with Gasteiger partial charge in [-0.1, -0.05) is 12.1 Å². The number of aliphatic carboxylic acids is 1. The number of carbonyl (C=O) groups is 2. The zero-order valence-electron chi connectivity index (χ0n) is 13.3. The summed E-state index contributed by atoms with van der Waals surface area (Å²) in [5.74, 6) is -0.190. The number of hydrogen-bond donors (Lipinski definition) is 2. The first-order valence-electron chi connectivity index (χ1n) is 8.13. The van der Waals surface area contributed by atoms with Crippen LogP contribution in [0.25, 0.3) is 11.4 Å². The van der Waals surface area contributed by atoms with Crippen LogP contribution in [0.15, 0.2) is 30.6 Å². The number of nitrogens with zero attached hydrogens (tertiary/aromatic N) is 3. The number of amides is 1. The van der Waals surface area contributed by atoms with Crippen LogP contribution < -0.4 is 0 Å². The summed E-state index contributed by atoms with van der Waals surface area (Å²) in [6.45, 7) is 0.687. The highest BCUT2D eigenvalue weighted by molar-refractivity contribution is 5.95. The number of carboxylic acids is 1. The molecule has 1 atom stereocenters. The summed E-state index contributed by atoms with van der Waals surface area (Å²) in [4.78, 5) is 29.5. The number of nitrogens with one attached hydrogen (secondary N) is 1. The number of likely N-dealkylation sites (tertiary alicyclic amines) is 1. The Morgan fingerprint density at radius 1 is 1.25 bits per heavy atom. The lowest BCUT2D eigenvalue weighted by molar-refractivity contribution is -0.137. The van der Waals surface area contributed by atoms with Crippen LogP contribution in [0.2, 0.25) is 0 Å². The van der Waals surface area contributed by atoms with Gasteiger partial charge < -0.3 is 10.0 Å². The van der Waals surface area contributed by atoms with Crippen molar-refractivity contribution in [1.82, 2.24) is 20.1 Å². The van der Waals surface area contributed by atoms with Crippen LogP contribution in [0.3, 0.4) is 0 Å². The molecule has 2 N–H and O–H groups in total. The van der Waals surface area contributed by atoms with E-state index in [0.29, 0.717) is 24.4 Å². The van der Waals surface area contributed by atoms with Gasteiger partial charge in [-0.2, -0.15) is 5.10 Å². The summed E-state index contributed by atoms with van der Waals surface area (Å²) in [7, 11) is 0. The monoisotopic (exact) mass is 328 g/mol. The van der Waals surface area contributed by atoms with Crippen LogP contribution in [0, 0.1) is 0 Å². The molecule has 1 fully saturated rings. The molecule has 1 aromatic carbocycles. The smallest absolute Gasteiger partial charge is 0.303 e. The van der Waals surface area contributed by atoms with E-state index in [0.717, 1.165) is 24.8 Å². The number of rotatable bonds is 5. The second-order valence-corrected chi connectivity index (χ2v) is 5.99. The molecule has 0 spiro atoms. The van der Waals surface area contributed by atoms with Crippen LogP contribution in [0.4, 0.5) is 0 Å². The van der Waals surface area contributed by atoms with Crippen LogP contribution >= 0.6 is 0 Å². The topological polar surface area (TPSA) is 99.2 Å². The van der Waals surface area contributed by atoms with Gasteiger partial charge in [0.05, 0.1) is 0 Å². The summed E-state index contributed by atoms with van der Waals surface area (Å²) >= 11 is 0. The van der Waals surface area contributed by atoms with Crippen LogP contribution in [-0.2, 0) is 4.79 Å². The van der Waals surface area contributed by atoms with E-state index in [9.17, 15) is 9.59 Å². The molecule has 24 heavy (non-hydrogen) atoms. The largest absolute Gasteiger partial charge is 0.481 e. The third-order valence-corrected chi connectivity index (χ3v) is 4.40. The number of carbonyl (C=O) groups excluding carboxylic acids is 1. The average Bonchev–Trinajstić information content (AvgIpc) is 3.14. The lowest BCUT2D eigenvalue weighted by Gasteiger charge is -2.35. The minimum atomic E-state index is -0.815. The highest BCUT2D eigenvalue weighted by Crippen LogP contribution is 2.24. The maximum absolute atomic E-state index is 12.8. The van der Waals surface area contributed by atoms with Gasteiger partial charge in [-0.25, -0.2) is 4.98 Å². The van der Waals surface area contributed by atoms with E-state index in [2.05, 4.69) is 15.2 Å². The van der Waals surface area contributed by atoms with Crippen LogP contribution in [-0.4, -0.2) is 49.7 Å². The fourth-order valence-electron chi connectivity index (χ4n) is 3.14. The van der Waals surface area contributed by atoms with E-state index in [1.54, 1.807) is 12.1 Å². The Morgan fingerprint density at radius 3 is 2.71 bits per heavy atom. The quantitative estimate of drug-likeness (QED) is 0.877. The first-order valence-corrected chi connectivity index (χ1v) is 8.13. The van der Waals surface area contributed by atoms with Gasteiger partial charge in [0, 0.05) is 30.1 Å². The Hall–Kier alpha value is -2.70. The van der Waals surface area contributed by atoms with Gasteiger partial charge in [0.2, 0.25) is 0 Å². The summed E-state index contributed by atoms with van der Waals surface area (Å²) in [5, 5.41) is 15.5. The molecule has 1 aromatic heterocycles. The molecule has 1 aliphatic rings. The van der Waals surface area contributed by atoms with Crippen molar-refractivity contribution in [3.8, 4) is 11.4 Å². The number of H-pyrrole nitrogens is 1. The molecular weight excluding hydrogens is 308 g/mol. The van der Waals surface area contributed by atoms with Gasteiger partial charge >= 0.3 is 5.97 Å². The highest BCUT2D eigenvalue weighted by Gasteiger charge is 2.27. The lowest BCUT2D eigenvalue weighted by Crippen LogP contribution is -2.43. The Morgan fingerprint density at radius 2 is 2.04 bits per heavy atom. The molecule has 0 saturated carbocycles. The van der Waals surface area contributed by atoms with Crippen molar-refractivity contribution in [3.05, 3.63) is 36.2 Å². The van der Waals surface area contributed by atoms with E-state index < -0.39 is 5.97 Å². The summed E-state index contributed by atoms with van der Waals surface area (Å²) in [6.07, 6.45) is 4.92. The number of aromatic amines is 1. The Bertz CT molecular complexity index is 697. The normalized spacial score (nSPS) is 17.7. The fourth-order valence-corrected chi connectivity index (χ4v) is 3.14. The molecular formula is C17H20N4O3. The van der Waals surface area contributed by atoms with Gasteiger partial charge in [0.1, 0.15) is 6.33 Å². The number of benzene rings is 1. The van der Waals surface area contributed by atoms with Crippen molar-refractivity contribution < 1.29 is 14.7 Å². The van der Waals surface area contributed by atoms with Crippen molar-refractivity contribution in [2.45, 2.75) is 38.1 Å². The van der Waals surface area contributed by atoms with E-state index in [-0.39, 0.29) is 18.4 Å². The highest BCUT2D eigenvalue weighted by atomic mass is 16.4. The number of piperidine rings is 1. The van der Waals surface area contributed by atoms with Gasteiger partial charge in [-0.3, -0.25) is 14.7 Å². The van der Waals surface area contributed by atoms with Gasteiger partial charge in [-0.15, -0.1) is 0 Å². The van der Waals surface area contributed by atoms with Crippen molar-refractivity contribution in [1.29, 1.82) is 0 Å². The lowest BCUT2D eigenvalue weighted by atomic mass is 9.96. The molecule has 126 valence electrons. The van der Waals surface area contributed by atoms with Crippen molar-refractivity contribution >= 4 is 11.9 Å². The van der Waals surface area contributed by atoms with Crippen molar-refractivity contribution in [2.75, 3.05) is 6.54 Å². The fraction of sp³-hybridized carbons (Fsp3) is 0.412. The third kappa shape index (κ3) is 3.61. The summed E-state index contributed by atoms with van der Waals surface area (Å²) < 4.78 is 0. The Kier molecular flexibility index (Phi) is 4.88. The van der Waals surface area contributed by atoms with Gasteiger partial charge in [-0.05, 0) is 37.8 Å². The molecule has 7 heteroatoms. The van der Waals surface area contributed by atoms with Gasteiger partial charge in [0.25, 0.3) is 5.91 Å². The Balaban J connectivity index is 1.72. The summed E-state index contributed by atoms with van der Waals surface area (Å²) in [6, 6.07) is 7.25. The number of hydrogen-bond acceptors (Lipinski definition) is 4. The minimum absolute atomic E-state index is 0.0105. The molecule has 0 radical (unpaired) electrons. The molecule has 2 heterocycles. The predicted octanol–water partition coefficient (Wildman–Crippen LogP) is 2.33. The molecule has 3 rings (SSSR count). The molecule has 0 aliphatic carbocycles. The molecule has 1 amide bonds. The second kappa shape index (κ2) is 7.25. The first kappa shape index (κ1) is 16.2. The average molecular weight is 328 g/mol. The molecule has 1 unspecified atom stereocenters. The predicted molar refractivity (Wildman–Crippen MR) is 87.4 cm³/mol. The number of aromatic nitrogens is 3. The molecule has 1 saturated heterocycles. The molecule has 0 bridgehead atoms. The molecule has 7 nitrogen and oxygen atoms in total. The van der Waals surface area contributed by atoms with Crippen LogP contribution in [0.1, 0.15) is 42.5 Å². The van der Waals surface area contributed by atoms with E-state index in [1.807, 2.05) is 17.0 Å². The second-order valence-electron chi connectivity index (χ2n) is 5.99. The third-order valence-electron chi connectivity index (χ3n) is 4.40. The maximum atomic E-state index is 12.8. The van der Waals surface area contributed by atoms with E-state index in [4.69, 9.17) is 5.11 Å². The first-order chi connectivity index (χ1) is 11.6.